The molecule has 118 valence electrons. The lowest BCUT2D eigenvalue weighted by molar-refractivity contribution is -0.134. The van der Waals surface area contributed by atoms with Gasteiger partial charge in [0.05, 0.1) is 12.8 Å². The Morgan fingerprint density at radius 1 is 1.27 bits per heavy atom. The highest BCUT2D eigenvalue weighted by atomic mass is 32.2. The van der Waals surface area contributed by atoms with E-state index in [9.17, 15) is 4.79 Å². The van der Waals surface area contributed by atoms with Crippen LogP contribution in [0, 0.1) is 5.92 Å². The van der Waals surface area contributed by atoms with Gasteiger partial charge < -0.3 is 9.64 Å². The van der Waals surface area contributed by atoms with Crippen molar-refractivity contribution in [3.05, 3.63) is 42.7 Å². The van der Waals surface area contributed by atoms with Gasteiger partial charge >= 0.3 is 0 Å². The van der Waals surface area contributed by atoms with Crippen molar-refractivity contribution >= 4 is 17.7 Å². The molecule has 1 saturated heterocycles. The maximum Gasteiger partial charge on any atom is 0.222 e. The van der Waals surface area contributed by atoms with Gasteiger partial charge in [0.1, 0.15) is 6.10 Å². The summed E-state index contributed by atoms with van der Waals surface area (Å²) in [7, 11) is 0. The number of rotatable bonds is 6. The molecule has 4 heteroatoms. The van der Waals surface area contributed by atoms with Crippen molar-refractivity contribution in [2.24, 2.45) is 5.92 Å². The second-order valence-corrected chi connectivity index (χ2v) is 7.08. The Labute approximate surface area is 136 Å². The zero-order valence-electron chi connectivity index (χ0n) is 12.8. The maximum absolute atomic E-state index is 12.3. The van der Waals surface area contributed by atoms with Crippen LogP contribution >= 0.6 is 11.8 Å². The highest BCUT2D eigenvalue weighted by Gasteiger charge is 2.33. The van der Waals surface area contributed by atoms with Gasteiger partial charge in [-0.2, -0.15) is 0 Å². The molecule has 1 aromatic rings. The minimum Gasteiger partial charge on any atom is -0.496 e. The molecule has 1 amide bonds. The molecule has 0 bridgehead atoms. The summed E-state index contributed by atoms with van der Waals surface area (Å²) in [6.45, 7) is 1.64. The average Bonchev–Trinajstić information content (AvgIpc) is 3.03. The van der Waals surface area contributed by atoms with E-state index in [1.165, 1.54) is 4.90 Å². The molecule has 0 radical (unpaired) electrons. The second-order valence-electron chi connectivity index (χ2n) is 5.91. The molecule has 0 saturated carbocycles. The zero-order valence-corrected chi connectivity index (χ0v) is 13.6. The Morgan fingerprint density at radius 2 is 2.14 bits per heavy atom. The van der Waals surface area contributed by atoms with E-state index in [1.807, 2.05) is 22.7 Å². The Balaban J connectivity index is 1.31. The van der Waals surface area contributed by atoms with E-state index in [-0.39, 0.29) is 6.10 Å². The summed E-state index contributed by atoms with van der Waals surface area (Å²) >= 11 is 1.87. The number of fused-ring (bicyclic) bond motifs is 1. The predicted molar refractivity (Wildman–Crippen MR) is 89.7 cm³/mol. The predicted octanol–water partition coefficient (Wildman–Crippen LogP) is 3.71. The third kappa shape index (κ3) is 4.07. The van der Waals surface area contributed by atoms with Crippen molar-refractivity contribution in [3.63, 3.8) is 0 Å². The standard InChI is InChI=1S/C18H23NO2S/c20-18(19-11-9-15-10-12-21-17(15)14-19)8-4-5-13-22-16-6-2-1-3-7-16/h1-3,6-7,10,12,15,17H,4-5,8-9,11,13-14H2. The van der Waals surface area contributed by atoms with E-state index < -0.39 is 0 Å². The number of carbonyl (C=O) groups excluding carboxylic acids is 1. The fraction of sp³-hybridized carbons (Fsp3) is 0.500. The molecule has 2 heterocycles. The van der Waals surface area contributed by atoms with Crippen LogP contribution in [0.3, 0.4) is 0 Å². The van der Waals surface area contributed by atoms with Crippen LogP contribution in [-0.4, -0.2) is 35.8 Å². The number of unbranched alkanes of at least 4 members (excludes halogenated alkanes) is 1. The Morgan fingerprint density at radius 3 is 3.00 bits per heavy atom. The number of ether oxygens (including phenoxy) is 1. The molecule has 3 nitrogen and oxygen atoms in total. The largest absolute Gasteiger partial charge is 0.496 e. The number of nitrogens with zero attached hydrogens (tertiary/aromatic N) is 1. The lowest BCUT2D eigenvalue weighted by Gasteiger charge is -2.34. The summed E-state index contributed by atoms with van der Waals surface area (Å²) in [6.07, 6.45) is 7.89. The average molecular weight is 317 g/mol. The molecule has 0 N–H and O–H groups in total. The first kappa shape index (κ1) is 15.5. The third-order valence-corrected chi connectivity index (χ3v) is 5.44. The minimum absolute atomic E-state index is 0.200. The summed E-state index contributed by atoms with van der Waals surface area (Å²) in [5, 5.41) is 0. The molecule has 2 unspecified atom stereocenters. The van der Waals surface area contributed by atoms with Gasteiger partial charge in [0.2, 0.25) is 5.91 Å². The van der Waals surface area contributed by atoms with Crippen molar-refractivity contribution in [1.82, 2.24) is 4.90 Å². The lowest BCUT2D eigenvalue weighted by Crippen LogP contribution is -2.45. The maximum atomic E-state index is 12.3. The number of benzene rings is 1. The topological polar surface area (TPSA) is 29.5 Å². The summed E-state index contributed by atoms with van der Waals surface area (Å²) in [5.41, 5.74) is 0. The Bertz CT molecular complexity index is 517. The molecule has 1 aromatic carbocycles. The van der Waals surface area contributed by atoms with Crippen LogP contribution in [0.5, 0.6) is 0 Å². The zero-order chi connectivity index (χ0) is 15.2. The number of thioether (sulfide) groups is 1. The van der Waals surface area contributed by atoms with Gasteiger partial charge in [-0.05, 0) is 43.2 Å². The van der Waals surface area contributed by atoms with Crippen LogP contribution in [0.25, 0.3) is 0 Å². The van der Waals surface area contributed by atoms with Crippen LogP contribution in [0.4, 0.5) is 0 Å². The fourth-order valence-electron chi connectivity index (χ4n) is 3.02. The first-order valence-electron chi connectivity index (χ1n) is 8.11. The lowest BCUT2D eigenvalue weighted by atomic mass is 9.95. The van der Waals surface area contributed by atoms with E-state index in [4.69, 9.17) is 4.74 Å². The molecular formula is C18H23NO2S. The van der Waals surface area contributed by atoms with Gasteiger partial charge in [0.25, 0.3) is 0 Å². The first-order chi connectivity index (χ1) is 10.8. The summed E-state index contributed by atoms with van der Waals surface area (Å²) in [6, 6.07) is 10.4. The van der Waals surface area contributed by atoms with Crippen LogP contribution < -0.4 is 0 Å². The fourth-order valence-corrected chi connectivity index (χ4v) is 3.95. The number of hydrogen-bond acceptors (Lipinski definition) is 3. The second kappa shape index (κ2) is 7.73. The van der Waals surface area contributed by atoms with E-state index >= 15 is 0 Å². The first-order valence-corrected chi connectivity index (χ1v) is 9.09. The molecule has 2 aliphatic rings. The molecule has 0 spiro atoms. The van der Waals surface area contributed by atoms with Crippen molar-refractivity contribution in [2.75, 3.05) is 18.8 Å². The van der Waals surface area contributed by atoms with E-state index in [2.05, 4.69) is 30.3 Å². The van der Waals surface area contributed by atoms with Crippen LogP contribution in [0.15, 0.2) is 47.6 Å². The highest BCUT2D eigenvalue weighted by Crippen LogP contribution is 2.27. The van der Waals surface area contributed by atoms with Crippen molar-refractivity contribution in [1.29, 1.82) is 0 Å². The van der Waals surface area contributed by atoms with Gasteiger partial charge in [0, 0.05) is 23.8 Å². The summed E-state index contributed by atoms with van der Waals surface area (Å²) in [4.78, 5) is 15.6. The summed E-state index contributed by atoms with van der Waals surface area (Å²) in [5.74, 6) is 1.89. The quantitative estimate of drug-likeness (QED) is 0.592. The molecule has 2 aliphatic heterocycles. The van der Waals surface area contributed by atoms with Crippen molar-refractivity contribution in [2.45, 2.75) is 36.7 Å². The molecule has 22 heavy (non-hydrogen) atoms. The van der Waals surface area contributed by atoms with E-state index in [0.29, 0.717) is 18.2 Å². The number of piperidine rings is 1. The normalized spacial score (nSPS) is 23.2. The highest BCUT2D eigenvalue weighted by molar-refractivity contribution is 7.99. The number of carbonyl (C=O) groups is 1. The molecule has 1 fully saturated rings. The number of likely N-dealkylation sites (tertiary alicyclic amines) is 1. The molecular weight excluding hydrogens is 294 g/mol. The Kier molecular flexibility index (Phi) is 5.43. The van der Waals surface area contributed by atoms with Gasteiger partial charge in [-0.15, -0.1) is 11.8 Å². The minimum atomic E-state index is 0.200. The number of amides is 1. The smallest absolute Gasteiger partial charge is 0.222 e. The van der Waals surface area contributed by atoms with Crippen LogP contribution in [0.2, 0.25) is 0 Å². The van der Waals surface area contributed by atoms with Gasteiger partial charge in [-0.25, -0.2) is 0 Å². The van der Waals surface area contributed by atoms with Gasteiger partial charge in [0.15, 0.2) is 0 Å². The van der Waals surface area contributed by atoms with E-state index in [1.54, 1.807) is 6.26 Å². The van der Waals surface area contributed by atoms with Crippen molar-refractivity contribution in [3.8, 4) is 0 Å². The van der Waals surface area contributed by atoms with Crippen molar-refractivity contribution < 1.29 is 9.53 Å². The van der Waals surface area contributed by atoms with Gasteiger partial charge in [-0.1, -0.05) is 18.2 Å². The number of hydrogen-bond donors (Lipinski definition) is 0. The SMILES string of the molecule is O=C(CCCCSc1ccccc1)N1CCC2C=COC2C1. The molecule has 2 atom stereocenters. The summed E-state index contributed by atoms with van der Waals surface area (Å²) < 4.78 is 5.55. The monoisotopic (exact) mass is 317 g/mol. The van der Waals surface area contributed by atoms with Gasteiger partial charge in [-0.3, -0.25) is 4.79 Å². The van der Waals surface area contributed by atoms with E-state index in [0.717, 1.165) is 38.1 Å². The molecule has 0 aliphatic carbocycles. The molecule has 3 rings (SSSR count). The van der Waals surface area contributed by atoms with Crippen LogP contribution in [-0.2, 0) is 9.53 Å². The Hall–Kier alpha value is -1.42. The third-order valence-electron chi connectivity index (χ3n) is 4.34. The van der Waals surface area contributed by atoms with Crippen LogP contribution in [0.1, 0.15) is 25.7 Å². The molecule has 0 aromatic heterocycles.